The molecule has 1 aliphatic rings. The minimum absolute atomic E-state index is 0.0299. The molecule has 0 bridgehead atoms. The molecule has 1 fully saturated rings. The summed E-state index contributed by atoms with van der Waals surface area (Å²) in [5.41, 5.74) is 0.419. The highest BCUT2D eigenvalue weighted by atomic mass is 35.5. The molecular formula is C21H25ClN2O3. The maximum Gasteiger partial charge on any atom is 0.225 e. The number of benzene rings is 2. The van der Waals surface area contributed by atoms with Crippen molar-refractivity contribution in [2.24, 2.45) is 0 Å². The van der Waals surface area contributed by atoms with E-state index < -0.39 is 5.60 Å². The predicted octanol–water partition coefficient (Wildman–Crippen LogP) is 3.13. The largest absolute Gasteiger partial charge is 0.491 e. The van der Waals surface area contributed by atoms with Crippen molar-refractivity contribution in [2.75, 3.05) is 33.4 Å². The molecule has 2 aromatic carbocycles. The Bertz CT molecular complexity index is 731. The normalized spacial score (nSPS) is 19.5. The molecule has 1 heterocycles. The molecule has 1 unspecified atom stereocenters. The summed E-state index contributed by atoms with van der Waals surface area (Å²) in [5, 5.41) is 3.98. The Labute approximate surface area is 165 Å². The number of halogens is 1. The first-order valence-corrected chi connectivity index (χ1v) is 9.45. The van der Waals surface area contributed by atoms with E-state index in [9.17, 15) is 4.79 Å². The van der Waals surface area contributed by atoms with Gasteiger partial charge in [0.1, 0.15) is 18.0 Å². The zero-order valence-corrected chi connectivity index (χ0v) is 16.2. The van der Waals surface area contributed by atoms with Gasteiger partial charge in [0.2, 0.25) is 5.91 Å². The summed E-state index contributed by atoms with van der Waals surface area (Å²) >= 11 is 5.92. The third-order valence-corrected chi connectivity index (χ3v) is 4.86. The Kier molecular flexibility index (Phi) is 6.72. The summed E-state index contributed by atoms with van der Waals surface area (Å²) in [6, 6.07) is 17.1. The molecule has 0 spiro atoms. The van der Waals surface area contributed by atoms with Gasteiger partial charge in [-0.05, 0) is 29.8 Å². The van der Waals surface area contributed by atoms with Gasteiger partial charge in [0.05, 0.1) is 13.0 Å². The zero-order valence-electron chi connectivity index (χ0n) is 15.5. The van der Waals surface area contributed by atoms with Crippen molar-refractivity contribution in [1.29, 1.82) is 0 Å². The van der Waals surface area contributed by atoms with E-state index in [2.05, 4.69) is 5.32 Å². The van der Waals surface area contributed by atoms with Crippen LogP contribution in [-0.2, 0) is 16.1 Å². The first-order chi connectivity index (χ1) is 13.1. The molecule has 1 aliphatic heterocycles. The second kappa shape index (κ2) is 9.22. The molecule has 0 aliphatic carbocycles. The number of ether oxygens (including phenoxy) is 2. The lowest BCUT2D eigenvalue weighted by atomic mass is 9.98. The van der Waals surface area contributed by atoms with E-state index in [0.717, 1.165) is 12.1 Å². The van der Waals surface area contributed by atoms with E-state index in [0.29, 0.717) is 37.1 Å². The van der Waals surface area contributed by atoms with Crippen molar-refractivity contribution in [3.8, 4) is 5.75 Å². The molecule has 1 atom stereocenters. The van der Waals surface area contributed by atoms with E-state index in [-0.39, 0.29) is 12.3 Å². The Morgan fingerprint density at radius 1 is 1.22 bits per heavy atom. The monoisotopic (exact) mass is 388 g/mol. The summed E-state index contributed by atoms with van der Waals surface area (Å²) in [6.07, 6.45) is 0.261. The van der Waals surface area contributed by atoms with Crippen LogP contribution in [0.25, 0.3) is 0 Å². The minimum Gasteiger partial charge on any atom is -0.491 e. The summed E-state index contributed by atoms with van der Waals surface area (Å²) in [6.45, 7) is 2.77. The number of morpholine rings is 1. The smallest absolute Gasteiger partial charge is 0.225 e. The van der Waals surface area contributed by atoms with Gasteiger partial charge in [-0.25, -0.2) is 0 Å². The molecule has 3 rings (SSSR count). The zero-order chi connectivity index (χ0) is 19.1. The van der Waals surface area contributed by atoms with Crippen molar-refractivity contribution >= 4 is 17.5 Å². The number of hydrogen-bond acceptors (Lipinski definition) is 4. The Morgan fingerprint density at radius 3 is 2.63 bits per heavy atom. The lowest BCUT2D eigenvalue weighted by Crippen LogP contribution is -2.55. The van der Waals surface area contributed by atoms with E-state index in [1.165, 1.54) is 0 Å². The molecule has 0 saturated carbocycles. The average Bonchev–Trinajstić information content (AvgIpc) is 2.69. The van der Waals surface area contributed by atoms with Crippen LogP contribution in [0.1, 0.15) is 12.0 Å². The average molecular weight is 389 g/mol. The fourth-order valence-electron chi connectivity index (χ4n) is 3.07. The molecule has 0 radical (unpaired) electrons. The maximum atomic E-state index is 12.8. The highest BCUT2D eigenvalue weighted by Crippen LogP contribution is 2.23. The van der Waals surface area contributed by atoms with Gasteiger partial charge < -0.3 is 19.7 Å². The second-order valence-electron chi connectivity index (χ2n) is 6.86. The maximum absolute atomic E-state index is 12.8. The standard InChI is InChI=1S/C21H25ClN2O3/c1-24(14-17-5-3-2-4-6-17)20(25)13-21(15-23-11-12-27-21)16-26-19-9-7-18(22)8-10-19/h2-10,23H,11-16H2,1H3. The van der Waals surface area contributed by atoms with Crippen LogP contribution >= 0.6 is 11.6 Å². The lowest BCUT2D eigenvalue weighted by molar-refractivity contribution is -0.144. The van der Waals surface area contributed by atoms with Crippen LogP contribution in [0, 0.1) is 0 Å². The van der Waals surface area contributed by atoms with Crippen LogP contribution < -0.4 is 10.1 Å². The van der Waals surface area contributed by atoms with E-state index in [1.54, 1.807) is 17.0 Å². The fourth-order valence-corrected chi connectivity index (χ4v) is 3.19. The highest BCUT2D eigenvalue weighted by Gasteiger charge is 2.37. The topological polar surface area (TPSA) is 50.8 Å². The molecule has 27 heavy (non-hydrogen) atoms. The van der Waals surface area contributed by atoms with Gasteiger partial charge >= 0.3 is 0 Å². The molecule has 0 aromatic heterocycles. The van der Waals surface area contributed by atoms with Gasteiger partial charge in [0.15, 0.2) is 0 Å². The number of amides is 1. The van der Waals surface area contributed by atoms with Crippen molar-refractivity contribution in [3.05, 3.63) is 65.2 Å². The molecule has 2 aromatic rings. The highest BCUT2D eigenvalue weighted by molar-refractivity contribution is 6.30. The van der Waals surface area contributed by atoms with E-state index in [1.807, 2.05) is 49.5 Å². The first-order valence-electron chi connectivity index (χ1n) is 9.07. The van der Waals surface area contributed by atoms with Gasteiger partial charge in [-0.1, -0.05) is 41.9 Å². The quantitative estimate of drug-likeness (QED) is 0.791. The minimum atomic E-state index is -0.681. The second-order valence-corrected chi connectivity index (χ2v) is 7.30. The number of nitrogens with one attached hydrogen (secondary N) is 1. The molecule has 144 valence electrons. The molecule has 1 amide bonds. The van der Waals surface area contributed by atoms with Crippen molar-refractivity contribution in [2.45, 2.75) is 18.6 Å². The Balaban J connectivity index is 1.62. The van der Waals surface area contributed by atoms with Crippen LogP contribution in [0.4, 0.5) is 0 Å². The van der Waals surface area contributed by atoms with Crippen molar-refractivity contribution in [1.82, 2.24) is 10.2 Å². The molecule has 6 heteroatoms. The molecule has 1 saturated heterocycles. The Morgan fingerprint density at radius 2 is 1.96 bits per heavy atom. The number of carbonyl (C=O) groups excluding carboxylic acids is 1. The van der Waals surface area contributed by atoms with E-state index >= 15 is 0 Å². The molecule has 5 nitrogen and oxygen atoms in total. The van der Waals surface area contributed by atoms with Crippen molar-refractivity contribution in [3.63, 3.8) is 0 Å². The van der Waals surface area contributed by atoms with Gasteiger partial charge in [-0.3, -0.25) is 4.79 Å². The summed E-state index contributed by atoms with van der Waals surface area (Å²) in [5.74, 6) is 0.736. The molecule has 1 N–H and O–H groups in total. The molecular weight excluding hydrogens is 364 g/mol. The number of hydrogen-bond donors (Lipinski definition) is 1. The van der Waals surface area contributed by atoms with E-state index in [4.69, 9.17) is 21.1 Å². The van der Waals surface area contributed by atoms with Crippen LogP contribution in [-0.4, -0.2) is 49.8 Å². The van der Waals surface area contributed by atoms with Gasteiger partial charge in [-0.15, -0.1) is 0 Å². The van der Waals surface area contributed by atoms with Crippen LogP contribution in [0.3, 0.4) is 0 Å². The third-order valence-electron chi connectivity index (χ3n) is 4.61. The number of rotatable bonds is 7. The summed E-state index contributed by atoms with van der Waals surface area (Å²) < 4.78 is 11.9. The van der Waals surface area contributed by atoms with Gasteiger partial charge in [0, 0.05) is 31.7 Å². The predicted molar refractivity (Wildman–Crippen MR) is 106 cm³/mol. The lowest BCUT2D eigenvalue weighted by Gasteiger charge is -2.37. The Hall–Kier alpha value is -2.08. The SMILES string of the molecule is CN(Cc1ccccc1)C(=O)CC1(COc2ccc(Cl)cc2)CNCCO1. The van der Waals surface area contributed by atoms with Crippen LogP contribution in [0.15, 0.2) is 54.6 Å². The number of carbonyl (C=O) groups is 1. The van der Waals surface area contributed by atoms with Crippen molar-refractivity contribution < 1.29 is 14.3 Å². The van der Waals surface area contributed by atoms with Gasteiger partial charge in [-0.2, -0.15) is 0 Å². The number of nitrogens with zero attached hydrogens (tertiary/aromatic N) is 1. The first kappa shape index (κ1) is 19.7. The third kappa shape index (κ3) is 5.70. The summed E-state index contributed by atoms with van der Waals surface area (Å²) in [4.78, 5) is 14.6. The van der Waals surface area contributed by atoms with Gasteiger partial charge in [0.25, 0.3) is 0 Å². The van der Waals surface area contributed by atoms with Crippen LogP contribution in [0.2, 0.25) is 5.02 Å². The fraction of sp³-hybridized carbons (Fsp3) is 0.381. The summed E-state index contributed by atoms with van der Waals surface area (Å²) in [7, 11) is 1.82. The van der Waals surface area contributed by atoms with Crippen LogP contribution in [0.5, 0.6) is 5.75 Å².